The molecule has 36 heavy (non-hydrogen) atoms. The van der Waals surface area contributed by atoms with E-state index in [1.807, 2.05) is 6.07 Å². The largest absolute Gasteiger partial charge is 0.492 e. The number of carbonyl (C=O) groups excluding carboxylic acids is 3. The number of imide groups is 1. The van der Waals surface area contributed by atoms with E-state index in [9.17, 15) is 24.3 Å². The summed E-state index contributed by atoms with van der Waals surface area (Å²) in [4.78, 5) is 52.0. The molecule has 1 saturated carbocycles. The molecule has 3 N–H and O–H groups in total. The summed E-state index contributed by atoms with van der Waals surface area (Å²) >= 11 is 0. The van der Waals surface area contributed by atoms with E-state index in [0.717, 1.165) is 57.1 Å². The summed E-state index contributed by atoms with van der Waals surface area (Å²) in [5.74, 6) is -0.238. The predicted molar refractivity (Wildman–Crippen MR) is 130 cm³/mol. The minimum atomic E-state index is -0.958. The van der Waals surface area contributed by atoms with E-state index in [-0.39, 0.29) is 29.8 Å². The SMILES string of the molecule is O=C(O)NC1(CN2CCCC[C@@H]2COc2ccc3c(c2)CN(C2CCC(=O)NC2=O)C3=O)CCCC1. The Kier molecular flexibility index (Phi) is 6.87. The predicted octanol–water partition coefficient (Wildman–Crippen LogP) is 2.26. The highest BCUT2D eigenvalue weighted by Gasteiger charge is 2.40. The molecule has 3 aliphatic heterocycles. The zero-order valence-electron chi connectivity index (χ0n) is 20.5. The van der Waals surface area contributed by atoms with Crippen LogP contribution in [0.2, 0.25) is 0 Å². The maximum absolute atomic E-state index is 12.9. The molecule has 5 rings (SSSR count). The molecule has 0 bridgehead atoms. The lowest BCUT2D eigenvalue weighted by atomic mass is 9.93. The van der Waals surface area contributed by atoms with Crippen molar-refractivity contribution in [1.82, 2.24) is 20.4 Å². The van der Waals surface area contributed by atoms with Crippen LogP contribution in [0.3, 0.4) is 0 Å². The van der Waals surface area contributed by atoms with Gasteiger partial charge in [-0.3, -0.25) is 24.6 Å². The fourth-order valence-corrected chi connectivity index (χ4v) is 6.28. The van der Waals surface area contributed by atoms with Crippen molar-refractivity contribution in [3.63, 3.8) is 0 Å². The second-order valence-corrected chi connectivity index (χ2v) is 10.6. The number of rotatable bonds is 7. The van der Waals surface area contributed by atoms with Crippen LogP contribution in [-0.4, -0.2) is 76.0 Å². The number of ether oxygens (including phenoxy) is 1. The molecule has 10 heteroatoms. The first kappa shape index (κ1) is 24.5. The fourth-order valence-electron chi connectivity index (χ4n) is 6.28. The topological polar surface area (TPSA) is 128 Å². The summed E-state index contributed by atoms with van der Waals surface area (Å²) in [6.45, 7) is 2.44. The first-order valence-electron chi connectivity index (χ1n) is 13.0. The van der Waals surface area contributed by atoms with Crippen LogP contribution in [0.25, 0.3) is 0 Å². The molecule has 1 aliphatic carbocycles. The summed E-state index contributed by atoms with van der Waals surface area (Å²) in [5.41, 5.74) is 1.00. The van der Waals surface area contributed by atoms with Gasteiger partial charge in [0.05, 0.1) is 5.54 Å². The number of nitrogens with one attached hydrogen (secondary N) is 2. The normalized spacial score (nSPS) is 26.0. The van der Waals surface area contributed by atoms with Crippen molar-refractivity contribution in [3.05, 3.63) is 29.3 Å². The van der Waals surface area contributed by atoms with Gasteiger partial charge in [0.1, 0.15) is 18.4 Å². The molecule has 0 radical (unpaired) electrons. The van der Waals surface area contributed by atoms with Gasteiger partial charge >= 0.3 is 6.09 Å². The molecule has 4 amide bonds. The highest BCUT2D eigenvalue weighted by Crippen LogP contribution is 2.33. The molecule has 1 aromatic rings. The maximum Gasteiger partial charge on any atom is 0.405 e. The molecule has 0 spiro atoms. The average Bonchev–Trinajstić information content (AvgIpc) is 3.42. The monoisotopic (exact) mass is 498 g/mol. The summed E-state index contributed by atoms with van der Waals surface area (Å²) < 4.78 is 6.20. The molecule has 0 aromatic heterocycles. The van der Waals surface area contributed by atoms with Crippen LogP contribution in [-0.2, 0) is 16.1 Å². The van der Waals surface area contributed by atoms with Gasteiger partial charge in [0.25, 0.3) is 5.91 Å². The Bertz CT molecular complexity index is 1050. The number of hydrogen-bond acceptors (Lipinski definition) is 6. The first-order chi connectivity index (χ1) is 17.3. The number of amides is 4. The summed E-state index contributed by atoms with van der Waals surface area (Å²) in [6, 6.07) is 4.98. The number of piperidine rings is 2. The molecular formula is C26H34N4O6. The molecule has 2 saturated heterocycles. The summed E-state index contributed by atoms with van der Waals surface area (Å²) in [7, 11) is 0. The Hall–Kier alpha value is -3.14. The first-order valence-corrected chi connectivity index (χ1v) is 13.0. The minimum absolute atomic E-state index is 0.196. The summed E-state index contributed by atoms with van der Waals surface area (Å²) in [5, 5.41) is 14.5. The van der Waals surface area contributed by atoms with Crippen molar-refractivity contribution in [2.75, 3.05) is 19.7 Å². The van der Waals surface area contributed by atoms with E-state index < -0.39 is 18.0 Å². The van der Waals surface area contributed by atoms with Gasteiger partial charge in [-0.15, -0.1) is 0 Å². The van der Waals surface area contributed by atoms with Gasteiger partial charge in [-0.1, -0.05) is 19.3 Å². The molecular weight excluding hydrogens is 464 g/mol. The zero-order chi connectivity index (χ0) is 25.3. The fraction of sp³-hybridized carbons (Fsp3) is 0.615. The molecule has 4 aliphatic rings. The maximum atomic E-state index is 12.9. The molecule has 1 aromatic carbocycles. The smallest absolute Gasteiger partial charge is 0.405 e. The van der Waals surface area contributed by atoms with Crippen LogP contribution >= 0.6 is 0 Å². The third-order valence-corrected chi connectivity index (χ3v) is 8.12. The number of nitrogens with zero attached hydrogens (tertiary/aromatic N) is 2. The number of likely N-dealkylation sites (tertiary alicyclic amines) is 1. The van der Waals surface area contributed by atoms with E-state index >= 15 is 0 Å². The molecule has 3 fully saturated rings. The van der Waals surface area contributed by atoms with Crippen molar-refractivity contribution < 1.29 is 29.0 Å². The quantitative estimate of drug-likeness (QED) is 0.492. The number of hydrogen-bond donors (Lipinski definition) is 3. The number of fused-ring (bicyclic) bond motifs is 1. The van der Waals surface area contributed by atoms with Crippen LogP contribution < -0.4 is 15.4 Å². The van der Waals surface area contributed by atoms with E-state index in [4.69, 9.17) is 4.74 Å². The van der Waals surface area contributed by atoms with Crippen molar-refractivity contribution in [3.8, 4) is 5.75 Å². The minimum Gasteiger partial charge on any atom is -0.492 e. The number of benzene rings is 1. The van der Waals surface area contributed by atoms with E-state index in [0.29, 0.717) is 37.4 Å². The van der Waals surface area contributed by atoms with Gasteiger partial charge in [0, 0.05) is 31.1 Å². The van der Waals surface area contributed by atoms with Gasteiger partial charge in [-0.05, 0) is 62.4 Å². The molecule has 3 heterocycles. The highest BCUT2D eigenvalue weighted by atomic mass is 16.5. The van der Waals surface area contributed by atoms with Crippen molar-refractivity contribution in [2.45, 2.75) is 82.0 Å². The second-order valence-electron chi connectivity index (χ2n) is 10.6. The Morgan fingerprint density at radius 3 is 2.69 bits per heavy atom. The van der Waals surface area contributed by atoms with Crippen molar-refractivity contribution >= 4 is 23.8 Å². The zero-order valence-corrected chi connectivity index (χ0v) is 20.5. The van der Waals surface area contributed by atoms with Crippen molar-refractivity contribution in [1.29, 1.82) is 0 Å². The number of carboxylic acid groups (broad SMARTS) is 1. The van der Waals surface area contributed by atoms with Gasteiger partial charge in [-0.2, -0.15) is 0 Å². The van der Waals surface area contributed by atoms with Crippen molar-refractivity contribution in [2.24, 2.45) is 0 Å². The van der Waals surface area contributed by atoms with E-state index in [1.54, 1.807) is 12.1 Å². The van der Waals surface area contributed by atoms with Crippen LogP contribution in [0.5, 0.6) is 5.75 Å². The Morgan fingerprint density at radius 2 is 1.94 bits per heavy atom. The molecule has 10 nitrogen and oxygen atoms in total. The summed E-state index contributed by atoms with van der Waals surface area (Å²) in [6.07, 6.45) is 6.63. The molecule has 1 unspecified atom stereocenters. The van der Waals surface area contributed by atoms with Crippen LogP contribution in [0, 0.1) is 0 Å². The Balaban J connectivity index is 1.22. The highest BCUT2D eigenvalue weighted by molar-refractivity contribution is 6.05. The lowest BCUT2D eigenvalue weighted by Gasteiger charge is -2.41. The third-order valence-electron chi connectivity index (χ3n) is 8.12. The van der Waals surface area contributed by atoms with Gasteiger partial charge in [0.15, 0.2) is 0 Å². The van der Waals surface area contributed by atoms with Gasteiger partial charge < -0.3 is 20.1 Å². The molecule has 194 valence electrons. The van der Waals surface area contributed by atoms with Gasteiger partial charge in [-0.25, -0.2) is 4.79 Å². The Morgan fingerprint density at radius 1 is 1.14 bits per heavy atom. The number of carbonyl (C=O) groups is 4. The van der Waals surface area contributed by atoms with E-state index in [2.05, 4.69) is 15.5 Å². The molecule has 2 atom stereocenters. The average molecular weight is 499 g/mol. The Labute approximate surface area is 210 Å². The lowest BCUT2D eigenvalue weighted by molar-refractivity contribution is -0.136. The standard InChI is InChI=1S/C26H34N4O6/c31-22-9-8-21(23(32)27-22)30-14-17-13-19(6-7-20(17)24(30)33)36-15-18-5-1-4-12-29(18)16-26(28-25(34)35)10-2-3-11-26/h6-7,13,18,21,28H,1-5,8-12,14-16H2,(H,34,35)(H,27,31,32)/t18-,21?/m1/s1. The lowest BCUT2D eigenvalue weighted by Crippen LogP contribution is -2.57. The van der Waals surface area contributed by atoms with Crippen LogP contribution in [0.1, 0.15) is 73.7 Å². The third kappa shape index (κ3) is 5.04. The van der Waals surface area contributed by atoms with Gasteiger partial charge in [0.2, 0.25) is 11.8 Å². The van der Waals surface area contributed by atoms with Crippen LogP contribution in [0.15, 0.2) is 18.2 Å². The van der Waals surface area contributed by atoms with Crippen LogP contribution in [0.4, 0.5) is 4.79 Å². The second kappa shape index (κ2) is 10.1. The van der Waals surface area contributed by atoms with E-state index in [1.165, 1.54) is 4.90 Å².